The summed E-state index contributed by atoms with van der Waals surface area (Å²) in [4.78, 5) is -0.0318. The molecule has 0 radical (unpaired) electrons. The van der Waals surface area contributed by atoms with E-state index in [2.05, 4.69) is 96.6 Å². The van der Waals surface area contributed by atoms with Gasteiger partial charge in [0.1, 0.15) is 4.51 Å². The summed E-state index contributed by atoms with van der Waals surface area (Å²) in [5, 5.41) is 0.849. The van der Waals surface area contributed by atoms with Gasteiger partial charge in [-0.3, -0.25) is 0 Å². The number of allylic oxidation sites excluding steroid dienone is 1. The van der Waals surface area contributed by atoms with Gasteiger partial charge in [0.05, 0.1) is 15.3 Å². The van der Waals surface area contributed by atoms with E-state index in [1.807, 2.05) is 0 Å². The fourth-order valence-corrected chi connectivity index (χ4v) is 7.86. The van der Waals surface area contributed by atoms with Gasteiger partial charge in [0.25, 0.3) is 0 Å². The van der Waals surface area contributed by atoms with Crippen molar-refractivity contribution in [2.24, 2.45) is 10.8 Å². The molecular weight excluding hydrogens is 551 g/mol. The first-order valence-electron chi connectivity index (χ1n) is 7.11. The molecule has 1 aliphatic heterocycles. The lowest BCUT2D eigenvalue weighted by molar-refractivity contribution is -0.0202. The van der Waals surface area contributed by atoms with Crippen molar-refractivity contribution in [2.75, 3.05) is 5.33 Å². The molecule has 6 atom stereocenters. The van der Waals surface area contributed by atoms with Crippen molar-refractivity contribution < 1.29 is 4.74 Å². The molecule has 120 valence electrons. The zero-order chi connectivity index (χ0) is 15.9. The van der Waals surface area contributed by atoms with E-state index in [0.717, 1.165) is 18.2 Å². The second-order valence-corrected chi connectivity index (χ2v) is 12.5. The van der Waals surface area contributed by atoms with Crippen LogP contribution in [-0.2, 0) is 4.74 Å². The summed E-state index contributed by atoms with van der Waals surface area (Å²) >= 11 is 22.3. The van der Waals surface area contributed by atoms with E-state index >= 15 is 0 Å². The molecule has 0 aromatic carbocycles. The summed E-state index contributed by atoms with van der Waals surface area (Å²) in [6.45, 7) is 6.72. The van der Waals surface area contributed by atoms with Crippen molar-refractivity contribution in [2.45, 2.75) is 58.3 Å². The maximum atomic E-state index is 6.76. The van der Waals surface area contributed by atoms with E-state index in [-0.39, 0.29) is 31.0 Å². The van der Waals surface area contributed by atoms with Gasteiger partial charge in [-0.15, -0.1) is 11.6 Å². The minimum atomic E-state index is -0.422. The summed E-state index contributed by atoms with van der Waals surface area (Å²) in [5.74, 6) is 0. The Balaban J connectivity index is 2.22. The van der Waals surface area contributed by atoms with Crippen LogP contribution in [-0.4, -0.2) is 30.0 Å². The van der Waals surface area contributed by atoms with E-state index in [0.29, 0.717) is 0 Å². The molecule has 3 rings (SSSR count). The van der Waals surface area contributed by atoms with Crippen LogP contribution in [0.25, 0.3) is 0 Å². The third-order valence-electron chi connectivity index (χ3n) is 6.07. The molecule has 1 saturated carbocycles. The molecule has 2 fully saturated rings. The number of rotatable bonds is 1. The molecule has 21 heavy (non-hydrogen) atoms. The molecule has 1 nitrogen and oxygen atoms in total. The van der Waals surface area contributed by atoms with Crippen LogP contribution >= 0.6 is 75.3 Å². The van der Waals surface area contributed by atoms with Gasteiger partial charge < -0.3 is 4.74 Å². The summed E-state index contributed by atoms with van der Waals surface area (Å²) in [5.41, 5.74) is -0.0968. The third kappa shape index (κ3) is 2.00. The van der Waals surface area contributed by atoms with Crippen molar-refractivity contribution in [1.29, 1.82) is 0 Å². The van der Waals surface area contributed by atoms with E-state index in [1.165, 1.54) is 0 Å². The average molecular weight is 570 g/mol. The van der Waals surface area contributed by atoms with Crippen LogP contribution in [0.5, 0.6) is 0 Å². The molecule has 1 spiro atoms. The molecule has 6 heteroatoms. The second-order valence-electron chi connectivity index (χ2n) is 7.33. The summed E-state index contributed by atoms with van der Waals surface area (Å²) in [6, 6.07) is 0. The highest BCUT2D eigenvalue weighted by Crippen LogP contribution is 2.75. The Bertz CT molecular complexity index is 508. The van der Waals surface area contributed by atoms with Gasteiger partial charge in [0.2, 0.25) is 0 Å². The molecule has 0 aromatic rings. The van der Waals surface area contributed by atoms with Gasteiger partial charge >= 0.3 is 0 Å². The molecule has 1 unspecified atom stereocenters. The largest absolute Gasteiger partial charge is 0.355 e. The van der Waals surface area contributed by atoms with E-state index in [9.17, 15) is 0 Å². The van der Waals surface area contributed by atoms with Crippen molar-refractivity contribution in [1.82, 2.24) is 0 Å². The normalized spacial score (nSPS) is 58.1. The highest BCUT2D eigenvalue weighted by Gasteiger charge is 2.77. The van der Waals surface area contributed by atoms with Gasteiger partial charge in [0.15, 0.2) is 0 Å². The van der Waals surface area contributed by atoms with Gasteiger partial charge in [0, 0.05) is 21.0 Å². The topological polar surface area (TPSA) is 9.23 Å². The van der Waals surface area contributed by atoms with Gasteiger partial charge in [-0.25, -0.2) is 0 Å². The van der Waals surface area contributed by atoms with Crippen molar-refractivity contribution in [3.05, 3.63) is 12.2 Å². The minimum absolute atomic E-state index is 0.0374. The van der Waals surface area contributed by atoms with Crippen LogP contribution in [0.4, 0.5) is 0 Å². The number of hydrogen-bond donors (Lipinski definition) is 0. The zero-order valence-corrected chi connectivity index (χ0v) is 19.3. The maximum Gasteiger partial charge on any atom is 0.147 e. The first-order valence-corrected chi connectivity index (χ1v) is 11.1. The lowest BCUT2D eigenvalue weighted by Crippen LogP contribution is -2.65. The molecule has 2 aliphatic carbocycles. The predicted molar refractivity (Wildman–Crippen MR) is 104 cm³/mol. The van der Waals surface area contributed by atoms with Crippen molar-refractivity contribution in [3.8, 4) is 0 Å². The standard InChI is InChI=1S/C15H19Br4ClO/c1-11(2)14-6-9(17)12(3,20)7-10(14)21-15(11,19)5-4-13(14,18)8-16/h4-5,9-10H,6-8H2,1-3H3/t9-,10+,12-,13?,14-,15-/m1/s1. The molecule has 0 amide bonds. The molecule has 1 heterocycles. The van der Waals surface area contributed by atoms with Crippen LogP contribution in [0.1, 0.15) is 33.6 Å². The number of alkyl halides is 5. The van der Waals surface area contributed by atoms with Crippen molar-refractivity contribution in [3.63, 3.8) is 0 Å². The number of halogens is 5. The minimum Gasteiger partial charge on any atom is -0.355 e. The maximum absolute atomic E-state index is 6.76. The first kappa shape index (κ1) is 17.7. The molecule has 2 bridgehead atoms. The second kappa shape index (κ2) is 4.97. The van der Waals surface area contributed by atoms with Gasteiger partial charge in [-0.2, -0.15) is 0 Å². The van der Waals surface area contributed by atoms with E-state index in [1.54, 1.807) is 0 Å². The quantitative estimate of drug-likeness (QED) is 0.272. The summed E-state index contributed by atoms with van der Waals surface area (Å²) in [6.07, 6.45) is 6.34. The van der Waals surface area contributed by atoms with Crippen LogP contribution in [0.3, 0.4) is 0 Å². The highest BCUT2D eigenvalue weighted by atomic mass is 79.9. The number of fused-ring (bicyclic) bond motifs is 1. The Hall–Kier alpha value is 1.91. The van der Waals surface area contributed by atoms with E-state index in [4.69, 9.17) is 16.3 Å². The van der Waals surface area contributed by atoms with Crippen LogP contribution < -0.4 is 0 Å². The van der Waals surface area contributed by atoms with Gasteiger partial charge in [-0.1, -0.05) is 67.7 Å². The molecule has 1 saturated heterocycles. The Morgan fingerprint density at radius 1 is 1.19 bits per heavy atom. The zero-order valence-electron chi connectivity index (χ0n) is 12.2. The smallest absolute Gasteiger partial charge is 0.147 e. The molecule has 3 aliphatic rings. The lowest BCUT2D eigenvalue weighted by Gasteiger charge is -2.60. The number of ether oxygens (including phenoxy) is 1. The summed E-state index contributed by atoms with van der Waals surface area (Å²) < 4.78 is 5.98. The molecule has 0 N–H and O–H groups in total. The van der Waals surface area contributed by atoms with E-state index < -0.39 is 4.51 Å². The van der Waals surface area contributed by atoms with Crippen LogP contribution in [0, 0.1) is 10.8 Å². The SMILES string of the molecule is CC1(C)[C@@]23C[C@@H](Br)[C@](C)(Cl)C[C@@H]2O[C@]1(Br)C=CC3(Br)CBr. The first-order chi connectivity index (χ1) is 9.46. The highest BCUT2D eigenvalue weighted by molar-refractivity contribution is 9.12. The monoisotopic (exact) mass is 566 g/mol. The van der Waals surface area contributed by atoms with Crippen molar-refractivity contribution >= 4 is 75.3 Å². The van der Waals surface area contributed by atoms with Crippen LogP contribution in [0.15, 0.2) is 12.2 Å². The predicted octanol–water partition coefficient (Wildman–Crippen LogP) is 6.14. The molecular formula is C15H19Br4ClO. The Morgan fingerprint density at radius 2 is 1.81 bits per heavy atom. The van der Waals surface area contributed by atoms with Crippen LogP contribution in [0.2, 0.25) is 0 Å². The molecule has 0 aromatic heterocycles. The Kier molecular flexibility index (Phi) is 4.19. The Labute approximate surface area is 165 Å². The Morgan fingerprint density at radius 3 is 2.38 bits per heavy atom. The fourth-order valence-electron chi connectivity index (χ4n) is 4.51. The number of hydrogen-bond acceptors (Lipinski definition) is 1. The summed E-state index contributed by atoms with van der Waals surface area (Å²) in [7, 11) is 0. The average Bonchev–Trinajstić information content (AvgIpc) is 2.47. The fraction of sp³-hybridized carbons (Fsp3) is 0.867. The third-order valence-corrected chi connectivity index (χ3v) is 12.4. The lowest BCUT2D eigenvalue weighted by atomic mass is 9.49. The van der Waals surface area contributed by atoms with Gasteiger partial charge in [-0.05, 0) is 41.8 Å².